The lowest BCUT2D eigenvalue weighted by Gasteiger charge is -2.09. The van der Waals surface area contributed by atoms with Gasteiger partial charge in [0.2, 0.25) is 0 Å². The van der Waals surface area contributed by atoms with Crippen LogP contribution >= 0.6 is 0 Å². The molecule has 7 heteroatoms. The van der Waals surface area contributed by atoms with Crippen LogP contribution in [0.5, 0.6) is 5.75 Å². The van der Waals surface area contributed by atoms with Crippen molar-refractivity contribution >= 4 is 11.4 Å². The van der Waals surface area contributed by atoms with Gasteiger partial charge in [-0.15, -0.1) is 0 Å². The molecule has 2 N–H and O–H groups in total. The van der Waals surface area contributed by atoms with Gasteiger partial charge in [0.1, 0.15) is 5.75 Å². The van der Waals surface area contributed by atoms with Crippen LogP contribution in [0.4, 0.5) is 11.4 Å². The highest BCUT2D eigenvalue weighted by Crippen LogP contribution is 2.15. The van der Waals surface area contributed by atoms with Gasteiger partial charge in [0.15, 0.2) is 0 Å². The van der Waals surface area contributed by atoms with Gasteiger partial charge in [-0.1, -0.05) is 6.07 Å². The lowest BCUT2D eigenvalue weighted by Crippen LogP contribution is -2.21. The molecule has 1 aromatic carbocycles. The second kappa shape index (κ2) is 6.75. The molecule has 1 aromatic heterocycles. The van der Waals surface area contributed by atoms with Crippen molar-refractivity contribution < 1.29 is 9.66 Å². The number of aryl methyl sites for hydroxylation is 2. The Balaban J connectivity index is 1.96. The summed E-state index contributed by atoms with van der Waals surface area (Å²) in [7, 11) is 0. The Morgan fingerprint density at radius 3 is 2.82 bits per heavy atom. The molecule has 0 aliphatic carbocycles. The average Bonchev–Trinajstić information content (AvgIpc) is 2.45. The predicted octanol–water partition coefficient (Wildman–Crippen LogP) is 2.12. The van der Waals surface area contributed by atoms with Crippen molar-refractivity contribution in [3.05, 3.63) is 62.6 Å². The number of pyridine rings is 1. The lowest BCUT2D eigenvalue weighted by atomic mass is 10.2. The zero-order chi connectivity index (χ0) is 16.1. The van der Waals surface area contributed by atoms with Crippen LogP contribution in [0, 0.1) is 17.0 Å². The van der Waals surface area contributed by atoms with E-state index in [9.17, 15) is 14.9 Å². The van der Waals surface area contributed by atoms with E-state index in [-0.39, 0.29) is 11.2 Å². The summed E-state index contributed by atoms with van der Waals surface area (Å²) in [6.07, 6.45) is 1.83. The second-order valence-corrected chi connectivity index (χ2v) is 4.90. The van der Waals surface area contributed by atoms with Gasteiger partial charge >= 0.3 is 0 Å². The molecule has 0 spiro atoms. The molecule has 7 nitrogen and oxygen atoms in total. The molecule has 0 radical (unpaired) electrons. The molecule has 2 rings (SSSR count). The van der Waals surface area contributed by atoms with E-state index in [4.69, 9.17) is 10.5 Å². The standard InChI is InChI=1S/C15H17N3O4/c1-11-8-15(19)17(10-14(11)18(20)21)6-3-7-22-13-5-2-4-12(16)9-13/h2,4-5,8-10H,3,6-7,16H2,1H3. The number of nitrogen functional groups attached to an aromatic ring is 1. The van der Waals surface area contributed by atoms with Gasteiger partial charge in [-0.05, 0) is 25.5 Å². The van der Waals surface area contributed by atoms with Crippen molar-refractivity contribution in [3.63, 3.8) is 0 Å². The number of anilines is 1. The summed E-state index contributed by atoms with van der Waals surface area (Å²) in [6.45, 7) is 2.28. The summed E-state index contributed by atoms with van der Waals surface area (Å²) in [5.41, 5.74) is 6.30. The molecule has 0 saturated heterocycles. The van der Waals surface area contributed by atoms with E-state index in [0.29, 0.717) is 36.6 Å². The highest BCUT2D eigenvalue weighted by Gasteiger charge is 2.12. The number of hydrogen-bond acceptors (Lipinski definition) is 5. The van der Waals surface area contributed by atoms with E-state index in [1.54, 1.807) is 31.2 Å². The minimum atomic E-state index is -0.492. The molecule has 0 aliphatic heterocycles. The highest BCUT2D eigenvalue weighted by atomic mass is 16.6. The smallest absolute Gasteiger partial charge is 0.288 e. The van der Waals surface area contributed by atoms with Crippen LogP contribution in [0.1, 0.15) is 12.0 Å². The van der Waals surface area contributed by atoms with Crippen LogP contribution in [0.25, 0.3) is 0 Å². The van der Waals surface area contributed by atoms with Gasteiger partial charge in [0.25, 0.3) is 11.2 Å². The summed E-state index contributed by atoms with van der Waals surface area (Å²) in [5.74, 6) is 0.655. The van der Waals surface area contributed by atoms with Crippen LogP contribution in [-0.4, -0.2) is 16.1 Å². The first kappa shape index (κ1) is 15.6. The Morgan fingerprint density at radius 1 is 1.36 bits per heavy atom. The van der Waals surface area contributed by atoms with E-state index >= 15 is 0 Å². The van der Waals surface area contributed by atoms with Crippen molar-refractivity contribution in [2.45, 2.75) is 19.9 Å². The monoisotopic (exact) mass is 303 g/mol. The van der Waals surface area contributed by atoms with E-state index in [2.05, 4.69) is 0 Å². The molecule has 0 unspecified atom stereocenters. The molecule has 1 heterocycles. The summed E-state index contributed by atoms with van der Waals surface area (Å²) in [5, 5.41) is 10.9. The normalized spacial score (nSPS) is 10.4. The second-order valence-electron chi connectivity index (χ2n) is 4.90. The fourth-order valence-corrected chi connectivity index (χ4v) is 2.05. The van der Waals surface area contributed by atoms with Crippen LogP contribution in [0.2, 0.25) is 0 Å². The third-order valence-electron chi connectivity index (χ3n) is 3.17. The van der Waals surface area contributed by atoms with Crippen molar-refractivity contribution in [2.24, 2.45) is 0 Å². The van der Waals surface area contributed by atoms with E-state index in [1.165, 1.54) is 16.8 Å². The third kappa shape index (κ3) is 3.85. The summed E-state index contributed by atoms with van der Waals surface area (Å²) in [6, 6.07) is 8.33. The summed E-state index contributed by atoms with van der Waals surface area (Å²) < 4.78 is 6.85. The quantitative estimate of drug-likeness (QED) is 0.381. The van der Waals surface area contributed by atoms with E-state index < -0.39 is 4.92 Å². The van der Waals surface area contributed by atoms with Gasteiger partial charge in [0, 0.05) is 29.9 Å². The van der Waals surface area contributed by atoms with Crippen LogP contribution in [0.15, 0.2) is 41.3 Å². The molecule has 2 aromatic rings. The minimum Gasteiger partial charge on any atom is -0.493 e. The van der Waals surface area contributed by atoms with Crippen LogP contribution < -0.4 is 16.0 Å². The minimum absolute atomic E-state index is 0.0589. The number of nitro groups is 1. The van der Waals surface area contributed by atoms with Crippen molar-refractivity contribution in [1.29, 1.82) is 0 Å². The van der Waals surface area contributed by atoms with Crippen molar-refractivity contribution in [1.82, 2.24) is 4.57 Å². The fourth-order valence-electron chi connectivity index (χ4n) is 2.05. The SMILES string of the molecule is Cc1cc(=O)n(CCCOc2cccc(N)c2)cc1[N+](=O)[O-]. The zero-order valence-corrected chi connectivity index (χ0v) is 12.2. The number of aromatic nitrogens is 1. The fraction of sp³-hybridized carbons (Fsp3) is 0.267. The number of ether oxygens (including phenoxy) is 1. The van der Waals surface area contributed by atoms with Crippen molar-refractivity contribution in [2.75, 3.05) is 12.3 Å². The van der Waals surface area contributed by atoms with Gasteiger partial charge in [0.05, 0.1) is 17.7 Å². The molecule has 0 atom stereocenters. The Labute approximate surface area is 127 Å². The molecular weight excluding hydrogens is 286 g/mol. The maximum atomic E-state index is 11.8. The van der Waals surface area contributed by atoms with Gasteiger partial charge in [-0.2, -0.15) is 0 Å². The first-order chi connectivity index (χ1) is 10.5. The number of nitrogens with zero attached hydrogens (tertiary/aromatic N) is 2. The molecule has 22 heavy (non-hydrogen) atoms. The van der Waals surface area contributed by atoms with E-state index in [1.807, 2.05) is 0 Å². The Morgan fingerprint density at radius 2 is 2.14 bits per heavy atom. The zero-order valence-electron chi connectivity index (χ0n) is 12.2. The summed E-state index contributed by atoms with van der Waals surface area (Å²) >= 11 is 0. The maximum Gasteiger partial charge on any atom is 0.288 e. The molecule has 0 amide bonds. The molecule has 116 valence electrons. The van der Waals surface area contributed by atoms with Gasteiger partial charge in [-0.25, -0.2) is 0 Å². The van der Waals surface area contributed by atoms with Crippen molar-refractivity contribution in [3.8, 4) is 5.75 Å². The van der Waals surface area contributed by atoms with Gasteiger partial charge in [-0.3, -0.25) is 14.9 Å². The molecular formula is C15H17N3O4. The van der Waals surface area contributed by atoms with E-state index in [0.717, 1.165) is 0 Å². The Bertz CT molecular complexity index is 740. The highest BCUT2D eigenvalue weighted by molar-refractivity contribution is 5.43. The molecule has 0 bridgehead atoms. The topological polar surface area (TPSA) is 100 Å². The largest absolute Gasteiger partial charge is 0.493 e. The number of benzene rings is 1. The lowest BCUT2D eigenvalue weighted by molar-refractivity contribution is -0.385. The Hall–Kier alpha value is -2.83. The first-order valence-corrected chi connectivity index (χ1v) is 6.81. The van der Waals surface area contributed by atoms with Crippen LogP contribution in [0.3, 0.4) is 0 Å². The van der Waals surface area contributed by atoms with Gasteiger partial charge < -0.3 is 15.0 Å². The van der Waals surface area contributed by atoms with Crippen LogP contribution in [-0.2, 0) is 6.54 Å². The molecule has 0 fully saturated rings. The predicted molar refractivity (Wildman–Crippen MR) is 83.1 cm³/mol. The third-order valence-corrected chi connectivity index (χ3v) is 3.17. The maximum absolute atomic E-state index is 11.8. The number of hydrogen-bond donors (Lipinski definition) is 1. The molecule has 0 saturated carbocycles. The summed E-state index contributed by atoms with van der Waals surface area (Å²) in [4.78, 5) is 22.2. The molecule has 0 aliphatic rings. The first-order valence-electron chi connectivity index (χ1n) is 6.81. The number of rotatable bonds is 6. The average molecular weight is 303 g/mol. The number of nitrogens with two attached hydrogens (primary N) is 1. The Kier molecular flexibility index (Phi) is 4.77.